The summed E-state index contributed by atoms with van der Waals surface area (Å²) in [7, 11) is 2.32. The van der Waals surface area contributed by atoms with E-state index in [0.717, 1.165) is 37.9 Å². The van der Waals surface area contributed by atoms with E-state index in [-0.39, 0.29) is 23.7 Å². The molecular formula is C21H29F2N2O2P. The van der Waals surface area contributed by atoms with E-state index in [1.807, 2.05) is 4.90 Å². The Kier molecular flexibility index (Phi) is 6.17. The molecule has 2 aliphatic heterocycles. The van der Waals surface area contributed by atoms with Gasteiger partial charge in [-0.1, -0.05) is 0 Å². The van der Waals surface area contributed by atoms with Gasteiger partial charge in [0.2, 0.25) is 5.91 Å². The highest BCUT2D eigenvalue weighted by Crippen LogP contribution is 2.31. The minimum absolute atomic E-state index is 0.0965. The van der Waals surface area contributed by atoms with Crippen molar-refractivity contribution >= 4 is 20.5 Å². The topological polar surface area (TPSA) is 32.8 Å². The van der Waals surface area contributed by atoms with Crippen LogP contribution in [0.3, 0.4) is 0 Å². The third-order valence-corrected chi connectivity index (χ3v) is 6.65. The molecule has 1 atom stereocenters. The van der Waals surface area contributed by atoms with Crippen molar-refractivity contribution in [3.63, 3.8) is 0 Å². The molecule has 3 fully saturated rings. The Labute approximate surface area is 167 Å². The van der Waals surface area contributed by atoms with Gasteiger partial charge in [0, 0.05) is 49.8 Å². The number of likely N-dealkylation sites (tertiary alicyclic amines) is 2. The molecule has 154 valence electrons. The maximum Gasteiger partial charge on any atom is 0.225 e. The number of carbonyl (C=O) groups excluding carboxylic acids is 1. The number of amides is 1. The molecule has 28 heavy (non-hydrogen) atoms. The van der Waals surface area contributed by atoms with E-state index in [1.165, 1.54) is 25.5 Å². The van der Waals surface area contributed by atoms with Crippen molar-refractivity contribution in [3.05, 3.63) is 23.8 Å². The largest absolute Gasteiger partial charge is 0.487 e. The maximum atomic E-state index is 14.0. The second-order valence-corrected chi connectivity index (χ2v) is 9.09. The highest BCUT2D eigenvalue weighted by Gasteiger charge is 2.33. The Morgan fingerprint density at radius 3 is 2.32 bits per heavy atom. The summed E-state index contributed by atoms with van der Waals surface area (Å²) in [5, 5.41) is 0.383. The number of hydrogen-bond acceptors (Lipinski definition) is 3. The van der Waals surface area contributed by atoms with Crippen molar-refractivity contribution in [2.24, 2.45) is 11.8 Å². The Hall–Kier alpha value is -1.26. The Balaban J connectivity index is 1.24. The molecule has 0 aromatic heterocycles. The van der Waals surface area contributed by atoms with Gasteiger partial charge in [-0.15, -0.1) is 9.24 Å². The van der Waals surface area contributed by atoms with Crippen LogP contribution in [0, 0.1) is 23.5 Å². The van der Waals surface area contributed by atoms with Crippen LogP contribution in [0.4, 0.5) is 8.78 Å². The van der Waals surface area contributed by atoms with Crippen LogP contribution < -0.4 is 10.0 Å². The van der Waals surface area contributed by atoms with E-state index in [4.69, 9.17) is 4.74 Å². The van der Waals surface area contributed by atoms with Crippen molar-refractivity contribution in [2.45, 2.75) is 44.6 Å². The van der Waals surface area contributed by atoms with E-state index in [1.54, 1.807) is 0 Å². The lowest BCUT2D eigenvalue weighted by atomic mass is 9.94. The second kappa shape index (κ2) is 8.62. The van der Waals surface area contributed by atoms with Crippen LogP contribution in [0.15, 0.2) is 12.1 Å². The van der Waals surface area contributed by atoms with E-state index in [9.17, 15) is 13.6 Å². The van der Waals surface area contributed by atoms with Crippen LogP contribution in [-0.4, -0.2) is 54.5 Å². The first-order chi connectivity index (χ1) is 13.5. The van der Waals surface area contributed by atoms with Gasteiger partial charge in [-0.25, -0.2) is 8.78 Å². The normalized spacial score (nSPS) is 22.5. The number of benzene rings is 1. The first kappa shape index (κ1) is 20.0. The van der Waals surface area contributed by atoms with Gasteiger partial charge in [0.15, 0.2) is 11.6 Å². The number of ether oxygens (including phenoxy) is 1. The number of halogens is 2. The Morgan fingerprint density at radius 2 is 1.71 bits per heavy atom. The van der Waals surface area contributed by atoms with Crippen LogP contribution in [0.25, 0.3) is 0 Å². The molecule has 3 aliphatic rings. The fraction of sp³-hybridized carbons (Fsp3) is 0.667. The monoisotopic (exact) mass is 410 g/mol. The van der Waals surface area contributed by atoms with Crippen LogP contribution in [0.5, 0.6) is 5.75 Å². The van der Waals surface area contributed by atoms with Crippen LogP contribution >= 0.6 is 9.24 Å². The SMILES string of the molecule is O=C(C1CCN(CC2CC2)CC1)N1CCC(Oc2c(F)cc(F)cc2P)CC1. The summed E-state index contributed by atoms with van der Waals surface area (Å²) < 4.78 is 33.0. The lowest BCUT2D eigenvalue weighted by molar-refractivity contribution is -0.138. The summed E-state index contributed by atoms with van der Waals surface area (Å²) in [5.41, 5.74) is 0. The molecule has 2 saturated heterocycles. The summed E-state index contributed by atoms with van der Waals surface area (Å²) in [6, 6.07) is 2.09. The zero-order valence-corrected chi connectivity index (χ0v) is 17.4. The van der Waals surface area contributed by atoms with E-state index < -0.39 is 11.6 Å². The molecule has 4 nitrogen and oxygen atoms in total. The summed E-state index contributed by atoms with van der Waals surface area (Å²) in [5.74, 6) is 0.115. The molecule has 1 aromatic carbocycles. The minimum Gasteiger partial charge on any atom is -0.487 e. The molecule has 0 bridgehead atoms. The Bertz CT molecular complexity index is 689. The average Bonchev–Trinajstić information content (AvgIpc) is 3.49. The summed E-state index contributed by atoms with van der Waals surface area (Å²) in [6.45, 7) is 4.56. The van der Waals surface area contributed by atoms with Gasteiger partial charge in [-0.05, 0) is 50.8 Å². The van der Waals surface area contributed by atoms with Crippen molar-refractivity contribution in [3.8, 4) is 5.75 Å². The second-order valence-electron chi connectivity index (χ2n) is 8.47. The van der Waals surface area contributed by atoms with Gasteiger partial charge >= 0.3 is 0 Å². The van der Waals surface area contributed by atoms with E-state index in [2.05, 4.69) is 14.1 Å². The van der Waals surface area contributed by atoms with Crippen molar-refractivity contribution < 1.29 is 18.3 Å². The third kappa shape index (κ3) is 4.83. The van der Waals surface area contributed by atoms with Gasteiger partial charge in [0.25, 0.3) is 0 Å². The average molecular weight is 410 g/mol. The van der Waals surface area contributed by atoms with Gasteiger partial charge in [0.1, 0.15) is 11.9 Å². The molecular weight excluding hydrogens is 381 g/mol. The lowest BCUT2D eigenvalue weighted by Gasteiger charge is -2.37. The first-order valence-corrected chi connectivity index (χ1v) is 11.0. The quantitative estimate of drug-likeness (QED) is 0.700. The van der Waals surface area contributed by atoms with Gasteiger partial charge < -0.3 is 14.5 Å². The third-order valence-electron chi connectivity index (χ3n) is 6.23. The molecule has 0 spiro atoms. The fourth-order valence-electron chi connectivity index (χ4n) is 4.35. The summed E-state index contributed by atoms with van der Waals surface area (Å²) >= 11 is 0. The van der Waals surface area contributed by atoms with Gasteiger partial charge in [-0.2, -0.15) is 0 Å². The molecule has 1 unspecified atom stereocenters. The van der Waals surface area contributed by atoms with Gasteiger partial charge in [-0.3, -0.25) is 4.79 Å². The van der Waals surface area contributed by atoms with Crippen molar-refractivity contribution in [2.75, 3.05) is 32.7 Å². The molecule has 4 rings (SSSR count). The first-order valence-electron chi connectivity index (χ1n) is 10.4. The number of hydrogen-bond donors (Lipinski definition) is 0. The highest BCUT2D eigenvalue weighted by atomic mass is 31.0. The molecule has 1 amide bonds. The Morgan fingerprint density at radius 1 is 1.04 bits per heavy atom. The fourth-order valence-corrected chi connectivity index (χ4v) is 4.72. The molecule has 1 saturated carbocycles. The van der Waals surface area contributed by atoms with Gasteiger partial charge in [0.05, 0.1) is 0 Å². The predicted octanol–water partition coefficient (Wildman–Crippen LogP) is 2.96. The van der Waals surface area contributed by atoms with E-state index in [0.29, 0.717) is 31.2 Å². The molecule has 0 N–H and O–H groups in total. The molecule has 2 heterocycles. The summed E-state index contributed by atoms with van der Waals surface area (Å²) in [6.07, 6.45) is 5.86. The number of carbonyl (C=O) groups is 1. The van der Waals surface area contributed by atoms with Crippen molar-refractivity contribution in [1.29, 1.82) is 0 Å². The molecule has 1 aromatic rings. The van der Waals surface area contributed by atoms with Crippen LogP contribution in [-0.2, 0) is 4.79 Å². The zero-order valence-electron chi connectivity index (χ0n) is 16.2. The van der Waals surface area contributed by atoms with E-state index >= 15 is 0 Å². The van der Waals surface area contributed by atoms with Crippen molar-refractivity contribution in [1.82, 2.24) is 9.80 Å². The van der Waals surface area contributed by atoms with Crippen LogP contribution in [0.1, 0.15) is 38.5 Å². The predicted molar refractivity (Wildman–Crippen MR) is 108 cm³/mol. The minimum atomic E-state index is -0.679. The molecule has 7 heteroatoms. The zero-order chi connectivity index (χ0) is 19.7. The van der Waals surface area contributed by atoms with Crippen LogP contribution in [0.2, 0.25) is 0 Å². The highest BCUT2D eigenvalue weighted by molar-refractivity contribution is 7.27. The lowest BCUT2D eigenvalue weighted by Crippen LogP contribution is -2.47. The number of piperidine rings is 2. The maximum absolute atomic E-state index is 14.0. The number of nitrogens with zero attached hydrogens (tertiary/aromatic N) is 2. The smallest absolute Gasteiger partial charge is 0.225 e. The summed E-state index contributed by atoms with van der Waals surface area (Å²) in [4.78, 5) is 17.3. The standard InChI is InChI=1S/C21H29F2N2O2P/c22-16-11-18(23)20(19(28)12-16)27-17-5-9-25(10-6-17)21(26)15-3-7-24(8-4-15)13-14-1-2-14/h11-12,14-15,17H,1-10,13,28H2. The molecule has 0 radical (unpaired) electrons. The molecule has 1 aliphatic carbocycles. The number of rotatable bonds is 5.